The maximum atomic E-state index is 13.1. The number of nitrogens with one attached hydrogen (secondary N) is 2. The molecule has 0 aromatic heterocycles. The molecule has 0 unspecified atom stereocenters. The normalized spacial score (nSPS) is 16.6. The van der Waals surface area contributed by atoms with Crippen molar-refractivity contribution in [1.82, 2.24) is 19.8 Å². The molecule has 2 rings (SSSR count). The third-order valence-corrected chi connectivity index (χ3v) is 6.35. The first-order valence-electron chi connectivity index (χ1n) is 9.27. The van der Waals surface area contributed by atoms with Gasteiger partial charge >= 0.3 is 0 Å². The second kappa shape index (κ2) is 11.8. The van der Waals surface area contributed by atoms with Crippen molar-refractivity contribution >= 4 is 40.0 Å². The van der Waals surface area contributed by atoms with Crippen molar-refractivity contribution in [2.75, 3.05) is 46.3 Å². The Morgan fingerprint density at radius 3 is 2.41 bits per heavy atom. The third kappa shape index (κ3) is 6.88. The highest BCUT2D eigenvalue weighted by atomic mass is 127. The van der Waals surface area contributed by atoms with E-state index in [-0.39, 0.29) is 24.0 Å². The molecule has 2 N–H and O–H groups in total. The number of hydrogen-bond acceptors (Lipinski definition) is 4. The quantitative estimate of drug-likeness (QED) is 0.333. The van der Waals surface area contributed by atoms with E-state index in [4.69, 9.17) is 0 Å². The molecular weight excluding hydrogens is 477 g/mol. The Labute approximate surface area is 180 Å². The van der Waals surface area contributed by atoms with Crippen LogP contribution in [0.1, 0.15) is 25.8 Å². The van der Waals surface area contributed by atoms with Crippen LogP contribution in [0.2, 0.25) is 0 Å². The van der Waals surface area contributed by atoms with Crippen molar-refractivity contribution in [2.45, 2.75) is 31.7 Å². The van der Waals surface area contributed by atoms with Crippen molar-refractivity contribution < 1.29 is 8.42 Å². The lowest BCUT2D eigenvalue weighted by molar-refractivity contribution is 0.222. The minimum Gasteiger partial charge on any atom is -0.357 e. The number of sulfonamides is 1. The van der Waals surface area contributed by atoms with Crippen molar-refractivity contribution in [3.63, 3.8) is 0 Å². The molecule has 154 valence electrons. The smallest absolute Gasteiger partial charge is 0.243 e. The van der Waals surface area contributed by atoms with Crippen LogP contribution >= 0.6 is 24.0 Å². The van der Waals surface area contributed by atoms with Gasteiger partial charge in [0.15, 0.2) is 5.96 Å². The van der Waals surface area contributed by atoms with Gasteiger partial charge in [0.2, 0.25) is 10.0 Å². The standard InChI is InChI=1S/C18H31N5O2S.HI/c1-4-10-20-18(19-5-2)21-15-16-8-6-7-9-17(16)26(24,25)23-13-11-22(3)12-14-23;/h6-9H,4-5,10-15H2,1-3H3,(H2,19,20,21);1H. The molecule has 1 fully saturated rings. The molecule has 1 aliphatic rings. The number of likely N-dealkylation sites (N-methyl/N-ethyl adjacent to an activating group) is 1. The van der Waals surface area contributed by atoms with Crippen LogP contribution in [0.25, 0.3) is 0 Å². The summed E-state index contributed by atoms with van der Waals surface area (Å²) in [6, 6.07) is 7.16. The number of nitrogens with zero attached hydrogens (tertiary/aromatic N) is 3. The second-order valence-electron chi connectivity index (χ2n) is 6.44. The number of piperazine rings is 1. The molecule has 1 saturated heterocycles. The lowest BCUT2D eigenvalue weighted by Gasteiger charge is -2.32. The summed E-state index contributed by atoms with van der Waals surface area (Å²) in [5.41, 5.74) is 0.722. The average molecular weight is 509 g/mol. The summed E-state index contributed by atoms with van der Waals surface area (Å²) >= 11 is 0. The van der Waals surface area contributed by atoms with Crippen molar-refractivity contribution in [3.8, 4) is 0 Å². The summed E-state index contributed by atoms with van der Waals surface area (Å²) in [4.78, 5) is 7.06. The first kappa shape index (κ1) is 24.1. The Morgan fingerprint density at radius 2 is 1.78 bits per heavy atom. The number of benzene rings is 1. The van der Waals surface area contributed by atoms with E-state index in [1.807, 2.05) is 26.1 Å². The second-order valence-corrected chi connectivity index (χ2v) is 8.34. The molecule has 1 aromatic rings. The Kier molecular flexibility index (Phi) is 10.6. The number of aliphatic imine (C=N–C) groups is 1. The Hall–Kier alpha value is -0.910. The molecule has 0 bridgehead atoms. The van der Waals surface area contributed by atoms with Crippen LogP contribution in [0.3, 0.4) is 0 Å². The minimum absolute atomic E-state index is 0. The van der Waals surface area contributed by atoms with E-state index < -0.39 is 10.0 Å². The highest BCUT2D eigenvalue weighted by Gasteiger charge is 2.29. The van der Waals surface area contributed by atoms with Crippen LogP contribution in [0.5, 0.6) is 0 Å². The molecule has 9 heteroatoms. The SMILES string of the molecule is CCCNC(=NCc1ccccc1S(=O)(=O)N1CCN(C)CC1)NCC.I. The summed E-state index contributed by atoms with van der Waals surface area (Å²) in [6.45, 7) is 8.57. The van der Waals surface area contributed by atoms with Gasteiger partial charge in [-0.3, -0.25) is 0 Å². The largest absolute Gasteiger partial charge is 0.357 e. The van der Waals surface area contributed by atoms with Gasteiger partial charge in [-0.15, -0.1) is 24.0 Å². The summed E-state index contributed by atoms with van der Waals surface area (Å²) in [5, 5.41) is 6.43. The fourth-order valence-corrected chi connectivity index (χ4v) is 4.44. The fraction of sp³-hybridized carbons (Fsp3) is 0.611. The monoisotopic (exact) mass is 509 g/mol. The molecular formula is C18H32IN5O2S. The lowest BCUT2D eigenvalue weighted by Crippen LogP contribution is -2.47. The van der Waals surface area contributed by atoms with Crippen LogP contribution in [-0.4, -0.2) is 69.9 Å². The van der Waals surface area contributed by atoms with E-state index in [1.165, 1.54) is 0 Å². The lowest BCUT2D eigenvalue weighted by atomic mass is 10.2. The number of guanidine groups is 1. The third-order valence-electron chi connectivity index (χ3n) is 4.35. The van der Waals surface area contributed by atoms with E-state index in [0.717, 1.165) is 38.2 Å². The Balaban J connectivity index is 0.00000364. The minimum atomic E-state index is -3.50. The molecule has 0 spiro atoms. The Morgan fingerprint density at radius 1 is 1.11 bits per heavy atom. The zero-order valence-electron chi connectivity index (χ0n) is 16.4. The molecule has 0 aliphatic carbocycles. The van der Waals surface area contributed by atoms with Gasteiger partial charge in [-0.25, -0.2) is 13.4 Å². The van der Waals surface area contributed by atoms with Gasteiger partial charge in [0.05, 0.1) is 11.4 Å². The maximum Gasteiger partial charge on any atom is 0.243 e. The van der Waals surface area contributed by atoms with Crippen molar-refractivity contribution in [1.29, 1.82) is 0 Å². The number of rotatable bonds is 7. The van der Waals surface area contributed by atoms with Gasteiger partial charge in [0.1, 0.15) is 0 Å². The molecule has 0 amide bonds. The van der Waals surface area contributed by atoms with E-state index >= 15 is 0 Å². The van der Waals surface area contributed by atoms with Crippen LogP contribution in [0.15, 0.2) is 34.2 Å². The van der Waals surface area contributed by atoms with Gasteiger partial charge in [0, 0.05) is 39.3 Å². The summed E-state index contributed by atoms with van der Waals surface area (Å²) in [6.07, 6.45) is 0.999. The zero-order valence-corrected chi connectivity index (χ0v) is 19.6. The van der Waals surface area contributed by atoms with Crippen LogP contribution in [-0.2, 0) is 16.6 Å². The predicted molar refractivity (Wildman–Crippen MR) is 121 cm³/mol. The number of hydrogen-bond donors (Lipinski definition) is 2. The predicted octanol–water partition coefficient (Wildman–Crippen LogP) is 1.71. The molecule has 0 saturated carbocycles. The topological polar surface area (TPSA) is 77.0 Å². The molecule has 0 atom stereocenters. The first-order valence-corrected chi connectivity index (χ1v) is 10.7. The molecule has 27 heavy (non-hydrogen) atoms. The highest BCUT2D eigenvalue weighted by Crippen LogP contribution is 2.22. The van der Waals surface area contributed by atoms with Crippen molar-refractivity contribution in [2.24, 2.45) is 4.99 Å². The summed E-state index contributed by atoms with van der Waals surface area (Å²) in [5.74, 6) is 0.709. The van der Waals surface area contributed by atoms with E-state index in [9.17, 15) is 8.42 Å². The van der Waals surface area contributed by atoms with E-state index in [2.05, 4.69) is 27.4 Å². The molecule has 0 radical (unpaired) electrons. The molecule has 7 nitrogen and oxygen atoms in total. The zero-order chi connectivity index (χ0) is 19.0. The molecule has 1 aromatic carbocycles. The molecule has 1 aliphatic heterocycles. The van der Waals surface area contributed by atoms with E-state index in [0.29, 0.717) is 30.5 Å². The van der Waals surface area contributed by atoms with Gasteiger partial charge in [-0.05, 0) is 32.0 Å². The fourth-order valence-electron chi connectivity index (χ4n) is 2.80. The van der Waals surface area contributed by atoms with Gasteiger partial charge in [-0.1, -0.05) is 25.1 Å². The van der Waals surface area contributed by atoms with Gasteiger partial charge in [-0.2, -0.15) is 4.31 Å². The summed E-state index contributed by atoms with van der Waals surface area (Å²) < 4.78 is 27.7. The Bertz CT molecular complexity index is 703. The average Bonchev–Trinajstić information content (AvgIpc) is 2.64. The van der Waals surface area contributed by atoms with Crippen molar-refractivity contribution in [3.05, 3.63) is 29.8 Å². The van der Waals surface area contributed by atoms with Gasteiger partial charge in [0.25, 0.3) is 0 Å². The number of halogens is 1. The van der Waals surface area contributed by atoms with Crippen LogP contribution in [0, 0.1) is 0 Å². The van der Waals surface area contributed by atoms with E-state index in [1.54, 1.807) is 16.4 Å². The van der Waals surface area contributed by atoms with Crippen LogP contribution in [0.4, 0.5) is 0 Å². The maximum absolute atomic E-state index is 13.1. The molecule has 1 heterocycles. The first-order chi connectivity index (χ1) is 12.5. The summed E-state index contributed by atoms with van der Waals surface area (Å²) in [7, 11) is -1.48. The van der Waals surface area contributed by atoms with Crippen LogP contribution < -0.4 is 10.6 Å². The highest BCUT2D eigenvalue weighted by molar-refractivity contribution is 14.0. The van der Waals surface area contributed by atoms with Gasteiger partial charge < -0.3 is 15.5 Å².